The number of hydrogen-bond acceptors (Lipinski definition) is 5. The van der Waals surface area contributed by atoms with E-state index in [0.29, 0.717) is 10.1 Å². The zero-order valence-corrected chi connectivity index (χ0v) is 14.8. The fourth-order valence-corrected chi connectivity index (χ4v) is 6.30. The highest BCUT2D eigenvalue weighted by Gasteiger charge is 2.21. The van der Waals surface area contributed by atoms with E-state index in [1.807, 2.05) is 35.7 Å². The average Bonchev–Trinajstić information content (AvgIpc) is 3.01. The van der Waals surface area contributed by atoms with Crippen molar-refractivity contribution in [1.29, 1.82) is 0 Å². The Bertz CT molecular complexity index is 798. The van der Waals surface area contributed by atoms with E-state index in [-0.39, 0.29) is 10.6 Å². The summed E-state index contributed by atoms with van der Waals surface area (Å²) in [7, 11) is -3.97. The Morgan fingerprint density at radius 2 is 1.74 bits per heavy atom. The second kappa shape index (κ2) is 6.75. The van der Waals surface area contributed by atoms with Crippen molar-refractivity contribution in [2.45, 2.75) is 16.4 Å². The Morgan fingerprint density at radius 3 is 2.35 bits per heavy atom. The van der Waals surface area contributed by atoms with Crippen LogP contribution in [0.2, 0.25) is 0 Å². The van der Waals surface area contributed by atoms with Gasteiger partial charge in [-0.05, 0) is 48.4 Å². The summed E-state index contributed by atoms with van der Waals surface area (Å²) in [6, 6.07) is 10.6. The predicted octanol–water partition coefficient (Wildman–Crippen LogP) is 4.38. The van der Waals surface area contributed by atoms with Crippen LogP contribution in [-0.4, -0.2) is 19.9 Å². The number of aryl methyl sites for hydroxylation is 1. The molecule has 1 heterocycles. The minimum atomic E-state index is -3.97. The molecule has 0 bridgehead atoms. The van der Waals surface area contributed by atoms with Crippen molar-refractivity contribution in [3.63, 3.8) is 0 Å². The second-order valence-electron chi connectivity index (χ2n) is 5.09. The van der Waals surface area contributed by atoms with Crippen LogP contribution in [0.1, 0.15) is 15.7 Å². The lowest BCUT2D eigenvalue weighted by Gasteiger charge is -2.11. The van der Waals surface area contributed by atoms with Crippen LogP contribution in [0.15, 0.2) is 47.4 Å². The van der Waals surface area contributed by atoms with Crippen LogP contribution in [0.5, 0.6) is 5.75 Å². The van der Waals surface area contributed by atoms with Crippen LogP contribution in [0.25, 0.3) is 0 Å². The first-order valence-electron chi connectivity index (χ1n) is 6.99. The lowest BCUT2D eigenvalue weighted by molar-refractivity contribution is 0.485. The fraction of sp³-hybridized carbons (Fsp3) is 0.250. The molecule has 23 heavy (non-hydrogen) atoms. The molecule has 3 rings (SSSR count). The highest BCUT2D eigenvalue weighted by Crippen LogP contribution is 2.45. The van der Waals surface area contributed by atoms with E-state index in [2.05, 4.69) is 0 Å². The Kier molecular flexibility index (Phi) is 4.89. The summed E-state index contributed by atoms with van der Waals surface area (Å²) in [5.74, 6) is 2.04. The molecule has 3 nitrogen and oxygen atoms in total. The molecule has 0 saturated carbocycles. The van der Waals surface area contributed by atoms with E-state index in [1.165, 1.54) is 19.1 Å². The smallest absolute Gasteiger partial charge is 0.339 e. The third-order valence-electron chi connectivity index (χ3n) is 3.39. The van der Waals surface area contributed by atoms with E-state index in [0.717, 1.165) is 23.1 Å². The monoisotopic (exact) mass is 370 g/mol. The standard InChI is InChI=1S/C16H15FO3S3/c1-11-10-13(17)4-7-15(11)23(18,19)20-14-5-2-12(3-6-14)16-21-8-9-22-16/h2-7,10,16H,8-9H2,1H3. The van der Waals surface area contributed by atoms with E-state index in [9.17, 15) is 12.8 Å². The molecular formula is C16H15FO3S3. The normalized spacial score (nSPS) is 15.7. The third-order valence-corrected chi connectivity index (χ3v) is 7.90. The predicted molar refractivity (Wildman–Crippen MR) is 93.0 cm³/mol. The number of hydrogen-bond donors (Lipinski definition) is 0. The van der Waals surface area contributed by atoms with E-state index in [4.69, 9.17) is 4.18 Å². The molecule has 1 fully saturated rings. The Balaban J connectivity index is 1.80. The summed E-state index contributed by atoms with van der Waals surface area (Å²) in [5, 5.41) is 0. The minimum Gasteiger partial charge on any atom is -0.379 e. The number of thioether (sulfide) groups is 2. The quantitative estimate of drug-likeness (QED) is 0.747. The summed E-state index contributed by atoms with van der Waals surface area (Å²) >= 11 is 3.77. The summed E-state index contributed by atoms with van der Waals surface area (Å²) in [4.78, 5) is -0.0233. The molecule has 0 radical (unpaired) electrons. The molecule has 0 amide bonds. The van der Waals surface area contributed by atoms with Crippen molar-refractivity contribution in [1.82, 2.24) is 0 Å². The van der Waals surface area contributed by atoms with Crippen LogP contribution in [0, 0.1) is 12.7 Å². The molecule has 0 unspecified atom stereocenters. The van der Waals surface area contributed by atoms with Crippen molar-refractivity contribution in [2.24, 2.45) is 0 Å². The molecule has 0 atom stereocenters. The highest BCUT2D eigenvalue weighted by atomic mass is 32.2. The first-order chi connectivity index (χ1) is 11.0. The van der Waals surface area contributed by atoms with Crippen molar-refractivity contribution < 1.29 is 17.0 Å². The molecule has 1 aliphatic rings. The summed E-state index contributed by atoms with van der Waals surface area (Å²) < 4.78 is 43.3. The van der Waals surface area contributed by atoms with Crippen LogP contribution >= 0.6 is 23.5 Å². The molecule has 0 N–H and O–H groups in total. The van der Waals surface area contributed by atoms with Gasteiger partial charge in [0.2, 0.25) is 0 Å². The maximum absolute atomic E-state index is 13.1. The van der Waals surface area contributed by atoms with Gasteiger partial charge < -0.3 is 4.18 Å². The Hall–Kier alpha value is -1.18. The van der Waals surface area contributed by atoms with Gasteiger partial charge in [0.15, 0.2) is 0 Å². The Labute approximate surface area is 143 Å². The largest absolute Gasteiger partial charge is 0.379 e. The van der Waals surface area contributed by atoms with Gasteiger partial charge in [-0.15, -0.1) is 23.5 Å². The molecule has 122 valence electrons. The third kappa shape index (κ3) is 3.84. The summed E-state index contributed by atoms with van der Waals surface area (Å²) in [6.07, 6.45) is 0. The molecule has 1 saturated heterocycles. The van der Waals surface area contributed by atoms with Gasteiger partial charge >= 0.3 is 10.1 Å². The molecule has 0 aromatic heterocycles. The van der Waals surface area contributed by atoms with Crippen LogP contribution < -0.4 is 4.18 Å². The molecule has 2 aromatic rings. The average molecular weight is 370 g/mol. The van der Waals surface area contributed by atoms with Gasteiger partial charge in [-0.2, -0.15) is 8.42 Å². The SMILES string of the molecule is Cc1cc(F)ccc1S(=O)(=O)Oc1ccc(C2SCCS2)cc1. The zero-order chi connectivity index (χ0) is 16.4. The fourth-order valence-electron chi connectivity index (χ4n) is 2.30. The first-order valence-corrected chi connectivity index (χ1v) is 10.5. The first kappa shape index (κ1) is 16.7. The maximum Gasteiger partial charge on any atom is 0.339 e. The maximum atomic E-state index is 13.1. The van der Waals surface area contributed by atoms with E-state index in [1.54, 1.807) is 12.1 Å². The van der Waals surface area contributed by atoms with Crippen molar-refractivity contribution in [3.8, 4) is 5.75 Å². The van der Waals surface area contributed by atoms with Gasteiger partial charge in [-0.1, -0.05) is 12.1 Å². The van der Waals surface area contributed by atoms with Gasteiger partial charge in [-0.3, -0.25) is 0 Å². The molecule has 2 aromatic carbocycles. The molecular weight excluding hydrogens is 355 g/mol. The van der Waals surface area contributed by atoms with Crippen LogP contribution in [-0.2, 0) is 10.1 Å². The summed E-state index contributed by atoms with van der Waals surface area (Å²) in [6.45, 7) is 1.54. The molecule has 0 aliphatic carbocycles. The topological polar surface area (TPSA) is 43.4 Å². The minimum absolute atomic E-state index is 0.0233. The number of benzene rings is 2. The molecule has 1 aliphatic heterocycles. The molecule has 7 heteroatoms. The van der Waals surface area contributed by atoms with Gasteiger partial charge in [0.1, 0.15) is 16.5 Å². The van der Waals surface area contributed by atoms with Crippen molar-refractivity contribution >= 4 is 33.6 Å². The van der Waals surface area contributed by atoms with Crippen molar-refractivity contribution in [3.05, 3.63) is 59.4 Å². The van der Waals surface area contributed by atoms with Gasteiger partial charge in [-0.25, -0.2) is 4.39 Å². The zero-order valence-electron chi connectivity index (χ0n) is 12.4. The second-order valence-corrected chi connectivity index (χ2v) is 9.33. The number of halogens is 1. The Morgan fingerprint density at radius 1 is 1.09 bits per heavy atom. The lowest BCUT2D eigenvalue weighted by Crippen LogP contribution is -2.11. The highest BCUT2D eigenvalue weighted by molar-refractivity contribution is 8.19. The van der Waals surface area contributed by atoms with Crippen LogP contribution in [0.3, 0.4) is 0 Å². The molecule has 0 spiro atoms. The van der Waals surface area contributed by atoms with E-state index >= 15 is 0 Å². The van der Waals surface area contributed by atoms with E-state index < -0.39 is 15.9 Å². The lowest BCUT2D eigenvalue weighted by atomic mass is 10.2. The van der Waals surface area contributed by atoms with Gasteiger partial charge in [0.25, 0.3) is 0 Å². The number of rotatable bonds is 4. The van der Waals surface area contributed by atoms with Gasteiger partial charge in [0.05, 0.1) is 4.58 Å². The summed E-state index contributed by atoms with van der Waals surface area (Å²) in [5.41, 5.74) is 1.47. The van der Waals surface area contributed by atoms with Crippen LogP contribution in [0.4, 0.5) is 4.39 Å². The van der Waals surface area contributed by atoms with Crippen molar-refractivity contribution in [2.75, 3.05) is 11.5 Å². The van der Waals surface area contributed by atoms with Gasteiger partial charge in [0, 0.05) is 11.5 Å².